The van der Waals surface area contributed by atoms with Gasteiger partial charge in [0.15, 0.2) is 17.2 Å². The second-order valence-corrected chi connectivity index (χ2v) is 7.95. The third-order valence-corrected chi connectivity index (χ3v) is 5.69. The molecule has 0 aliphatic carbocycles. The number of aromatic nitrogens is 1. The number of rotatable bonds is 9. The summed E-state index contributed by atoms with van der Waals surface area (Å²) in [4.78, 5) is 25.0. The van der Waals surface area contributed by atoms with Gasteiger partial charge in [0.05, 0.1) is 33.4 Å². The van der Waals surface area contributed by atoms with Crippen LogP contribution in [0.4, 0.5) is 5.69 Å². The molecular formula is C27H26N4O6. The van der Waals surface area contributed by atoms with Crippen molar-refractivity contribution in [2.75, 3.05) is 27.9 Å². The Morgan fingerprint density at radius 1 is 0.919 bits per heavy atom. The largest absolute Gasteiger partial charge is 0.493 e. The van der Waals surface area contributed by atoms with Gasteiger partial charge in [0.1, 0.15) is 6.54 Å². The molecule has 2 N–H and O–H groups in total. The minimum Gasteiger partial charge on any atom is -0.493 e. The number of ether oxygens (including phenoxy) is 3. The maximum Gasteiger partial charge on any atom is 0.283 e. The van der Waals surface area contributed by atoms with Crippen molar-refractivity contribution in [2.45, 2.75) is 6.54 Å². The Labute approximate surface area is 213 Å². The van der Waals surface area contributed by atoms with Gasteiger partial charge in [0.2, 0.25) is 11.6 Å². The molecule has 0 unspecified atom stereocenters. The van der Waals surface area contributed by atoms with Crippen molar-refractivity contribution in [3.8, 4) is 23.1 Å². The molecule has 1 aromatic heterocycles. The molecule has 0 radical (unpaired) electrons. The van der Waals surface area contributed by atoms with Gasteiger partial charge in [-0.3, -0.25) is 9.59 Å². The number of fused-ring (bicyclic) bond motifs is 1. The van der Waals surface area contributed by atoms with Crippen LogP contribution in [0.2, 0.25) is 0 Å². The van der Waals surface area contributed by atoms with Crippen molar-refractivity contribution >= 4 is 28.4 Å². The van der Waals surface area contributed by atoms with Gasteiger partial charge in [-0.25, -0.2) is 0 Å². The zero-order chi connectivity index (χ0) is 26.4. The zero-order valence-corrected chi connectivity index (χ0v) is 20.6. The molecule has 4 aromatic rings. The van der Waals surface area contributed by atoms with E-state index in [1.54, 1.807) is 10.6 Å². The lowest BCUT2D eigenvalue weighted by Crippen LogP contribution is -2.28. The second kappa shape index (κ2) is 11.3. The van der Waals surface area contributed by atoms with E-state index in [-0.39, 0.29) is 17.1 Å². The highest BCUT2D eigenvalue weighted by molar-refractivity contribution is 5.98. The van der Waals surface area contributed by atoms with E-state index in [9.17, 15) is 14.7 Å². The fourth-order valence-electron chi connectivity index (χ4n) is 3.91. The number of amides is 2. The fourth-order valence-corrected chi connectivity index (χ4v) is 3.91. The molecule has 1 heterocycles. The summed E-state index contributed by atoms with van der Waals surface area (Å²) < 4.78 is 17.5. The number of aromatic hydroxyl groups is 1. The predicted molar refractivity (Wildman–Crippen MR) is 137 cm³/mol. The van der Waals surface area contributed by atoms with E-state index >= 15 is 0 Å². The van der Waals surface area contributed by atoms with Crippen molar-refractivity contribution in [3.05, 3.63) is 77.9 Å². The number of methoxy groups -OCH3 is 3. The highest BCUT2D eigenvalue weighted by Crippen LogP contribution is 2.39. The standard InChI is InChI=1S/C27H26N4O6/c1-35-21-13-18(14-22(36-2)25(21)37-3)26(33)28-15-23(32)29-30-24-19-11-7-8-12-20(19)31(27(24)34)16-17-9-5-4-6-10-17/h4-14,34H,15-16H2,1-3H3,(H,28,33). The maximum atomic E-state index is 12.6. The number of azo groups is 1. The Morgan fingerprint density at radius 2 is 1.57 bits per heavy atom. The van der Waals surface area contributed by atoms with Crippen molar-refractivity contribution < 1.29 is 28.9 Å². The first-order chi connectivity index (χ1) is 18.0. The highest BCUT2D eigenvalue weighted by Gasteiger charge is 2.19. The first-order valence-electron chi connectivity index (χ1n) is 11.3. The summed E-state index contributed by atoms with van der Waals surface area (Å²) in [6.45, 7) is 0.0178. The molecule has 0 saturated heterocycles. The Hall–Kier alpha value is -4.86. The van der Waals surface area contributed by atoms with Gasteiger partial charge in [-0.2, -0.15) is 0 Å². The average Bonchev–Trinajstić information content (AvgIpc) is 3.20. The first kappa shape index (κ1) is 25.2. The molecule has 3 aromatic carbocycles. The van der Waals surface area contributed by atoms with E-state index in [0.29, 0.717) is 29.2 Å². The smallest absolute Gasteiger partial charge is 0.283 e. The van der Waals surface area contributed by atoms with Gasteiger partial charge in [-0.15, -0.1) is 10.2 Å². The third kappa shape index (κ3) is 5.37. The molecule has 0 spiro atoms. The van der Waals surface area contributed by atoms with Crippen LogP contribution in [-0.2, 0) is 11.3 Å². The van der Waals surface area contributed by atoms with Crippen molar-refractivity contribution in [1.29, 1.82) is 0 Å². The molecule has 0 fully saturated rings. The molecule has 10 nitrogen and oxygen atoms in total. The summed E-state index contributed by atoms with van der Waals surface area (Å²) in [5.41, 5.74) is 2.13. The number of hydrogen-bond acceptors (Lipinski definition) is 7. The number of para-hydroxylation sites is 1. The van der Waals surface area contributed by atoms with Crippen LogP contribution in [0.25, 0.3) is 10.9 Å². The molecule has 0 saturated carbocycles. The minimum atomic E-state index is -0.694. The van der Waals surface area contributed by atoms with Crippen LogP contribution >= 0.6 is 0 Å². The van der Waals surface area contributed by atoms with Crippen LogP contribution in [0.15, 0.2) is 77.0 Å². The summed E-state index contributed by atoms with van der Waals surface area (Å²) in [6.07, 6.45) is 0. The first-order valence-corrected chi connectivity index (χ1v) is 11.3. The average molecular weight is 503 g/mol. The molecule has 2 amide bonds. The number of hydrogen-bond donors (Lipinski definition) is 2. The molecule has 0 aliphatic rings. The summed E-state index contributed by atoms with van der Waals surface area (Å²) in [5, 5.41) is 21.8. The van der Waals surface area contributed by atoms with E-state index < -0.39 is 18.4 Å². The normalized spacial score (nSPS) is 11.0. The Balaban J connectivity index is 1.50. The molecule has 37 heavy (non-hydrogen) atoms. The number of nitrogens with one attached hydrogen (secondary N) is 1. The second-order valence-electron chi connectivity index (χ2n) is 7.95. The van der Waals surface area contributed by atoms with Crippen LogP contribution in [-0.4, -0.2) is 49.4 Å². The SMILES string of the molecule is COc1cc(C(=O)NCC(=O)N=Nc2c(O)n(Cc3ccccc3)c3ccccc23)cc(OC)c1OC. The van der Waals surface area contributed by atoms with Crippen molar-refractivity contribution in [3.63, 3.8) is 0 Å². The Bertz CT molecular complexity index is 1440. The van der Waals surface area contributed by atoms with Gasteiger partial charge in [0.25, 0.3) is 11.8 Å². The topological polar surface area (TPSA) is 124 Å². The van der Waals surface area contributed by atoms with E-state index in [0.717, 1.165) is 11.1 Å². The summed E-state index contributed by atoms with van der Waals surface area (Å²) >= 11 is 0. The summed E-state index contributed by atoms with van der Waals surface area (Å²) in [7, 11) is 4.34. The van der Waals surface area contributed by atoms with Gasteiger partial charge in [0, 0.05) is 10.9 Å². The lowest BCUT2D eigenvalue weighted by Gasteiger charge is -2.13. The third-order valence-electron chi connectivity index (χ3n) is 5.69. The molecule has 4 rings (SSSR count). The maximum absolute atomic E-state index is 12.6. The Morgan fingerprint density at radius 3 is 2.22 bits per heavy atom. The monoisotopic (exact) mass is 502 g/mol. The summed E-state index contributed by atoms with van der Waals surface area (Å²) in [5.74, 6) is -0.383. The fraction of sp³-hybridized carbons (Fsp3) is 0.185. The van der Waals surface area contributed by atoms with Gasteiger partial charge < -0.3 is 29.2 Å². The lowest BCUT2D eigenvalue weighted by molar-refractivity contribution is -0.117. The number of carbonyl (C=O) groups excluding carboxylic acids is 2. The minimum absolute atomic E-state index is 0.108. The molecule has 190 valence electrons. The van der Waals surface area contributed by atoms with Gasteiger partial charge in [-0.05, 0) is 23.8 Å². The van der Waals surface area contributed by atoms with Gasteiger partial charge >= 0.3 is 0 Å². The predicted octanol–water partition coefficient (Wildman–Crippen LogP) is 4.46. The molecule has 0 atom stereocenters. The van der Waals surface area contributed by atoms with E-state index in [2.05, 4.69) is 15.5 Å². The molecule has 10 heteroatoms. The molecule has 0 bridgehead atoms. The van der Waals surface area contributed by atoms with Crippen LogP contribution in [0.1, 0.15) is 15.9 Å². The van der Waals surface area contributed by atoms with E-state index in [1.807, 2.05) is 48.5 Å². The zero-order valence-electron chi connectivity index (χ0n) is 20.6. The number of carbonyl (C=O) groups is 2. The van der Waals surface area contributed by atoms with E-state index in [1.165, 1.54) is 33.5 Å². The van der Waals surface area contributed by atoms with Crippen LogP contribution in [0.5, 0.6) is 23.1 Å². The number of nitrogens with zero attached hydrogens (tertiary/aromatic N) is 3. The van der Waals surface area contributed by atoms with Crippen molar-refractivity contribution in [2.24, 2.45) is 10.2 Å². The van der Waals surface area contributed by atoms with Gasteiger partial charge in [-0.1, -0.05) is 48.5 Å². The van der Waals surface area contributed by atoms with E-state index in [4.69, 9.17) is 14.2 Å². The Kier molecular flexibility index (Phi) is 7.68. The highest BCUT2D eigenvalue weighted by atomic mass is 16.5. The summed E-state index contributed by atoms with van der Waals surface area (Å²) in [6, 6.07) is 19.9. The molecule has 0 aliphatic heterocycles. The van der Waals surface area contributed by atoms with Crippen LogP contribution in [0.3, 0.4) is 0 Å². The lowest BCUT2D eigenvalue weighted by atomic mass is 10.1. The van der Waals surface area contributed by atoms with Crippen LogP contribution in [0, 0.1) is 0 Å². The van der Waals surface area contributed by atoms with Crippen molar-refractivity contribution in [1.82, 2.24) is 9.88 Å². The quantitative estimate of drug-likeness (QED) is 0.326. The number of benzene rings is 3. The van der Waals surface area contributed by atoms with Crippen LogP contribution < -0.4 is 19.5 Å². The molecular weight excluding hydrogens is 476 g/mol.